The third-order valence-corrected chi connectivity index (χ3v) is 6.14. The van der Waals surface area contributed by atoms with Crippen molar-refractivity contribution in [1.29, 1.82) is 0 Å². The van der Waals surface area contributed by atoms with E-state index < -0.39 is 33.3 Å². The fourth-order valence-corrected chi connectivity index (χ4v) is 3.78. The van der Waals surface area contributed by atoms with E-state index in [0.29, 0.717) is 5.75 Å². The van der Waals surface area contributed by atoms with Gasteiger partial charge in [0.15, 0.2) is 0 Å². The molecule has 1 atom stereocenters. The average molecular weight is 426 g/mol. The van der Waals surface area contributed by atoms with Crippen LogP contribution in [0, 0.1) is 0 Å². The van der Waals surface area contributed by atoms with Crippen LogP contribution in [-0.2, 0) is 31.0 Å². The van der Waals surface area contributed by atoms with Crippen LogP contribution < -0.4 is 15.4 Å². The molecule has 1 saturated heterocycles. The molecule has 29 heavy (non-hydrogen) atoms. The summed E-state index contributed by atoms with van der Waals surface area (Å²) in [7, 11) is -0.684. The summed E-state index contributed by atoms with van der Waals surface area (Å²) < 4.78 is 29.8. The van der Waals surface area contributed by atoms with Gasteiger partial charge in [-0.2, -0.15) is 4.31 Å². The molecule has 1 aromatic rings. The molecule has 2 rings (SSSR count). The van der Waals surface area contributed by atoms with Gasteiger partial charge >= 0.3 is 0 Å². The molecule has 2 N–H and O–H groups in total. The van der Waals surface area contributed by atoms with Crippen molar-refractivity contribution in [3.63, 3.8) is 0 Å². The first-order valence-corrected chi connectivity index (χ1v) is 10.7. The third-order valence-electron chi connectivity index (χ3n) is 4.95. The minimum absolute atomic E-state index is 0.192. The number of para-hydroxylation sites is 1. The molecule has 11 heteroatoms. The van der Waals surface area contributed by atoms with Crippen molar-refractivity contribution in [2.24, 2.45) is 0 Å². The lowest BCUT2D eigenvalue weighted by Crippen LogP contribution is -2.68. The number of methoxy groups -OCH3 is 1. The molecule has 0 unspecified atom stereocenters. The normalized spacial score (nSPS) is 20.3. The van der Waals surface area contributed by atoms with Crippen LogP contribution in [0.2, 0.25) is 0 Å². The van der Waals surface area contributed by atoms with Gasteiger partial charge in [-0.1, -0.05) is 18.2 Å². The van der Waals surface area contributed by atoms with E-state index in [1.807, 2.05) is 12.1 Å². The second-order valence-corrected chi connectivity index (χ2v) is 9.01. The maximum Gasteiger partial charge on any atom is 0.247 e. The number of likely N-dealkylation sites (N-methyl/N-ethyl adjacent to an activating group) is 1. The van der Waals surface area contributed by atoms with Crippen LogP contribution in [0.15, 0.2) is 24.3 Å². The van der Waals surface area contributed by atoms with Crippen LogP contribution in [0.5, 0.6) is 5.75 Å². The smallest absolute Gasteiger partial charge is 0.247 e. The van der Waals surface area contributed by atoms with Crippen molar-refractivity contribution in [2.45, 2.75) is 19.0 Å². The summed E-state index contributed by atoms with van der Waals surface area (Å²) in [6.45, 7) is 0.853. The summed E-state index contributed by atoms with van der Waals surface area (Å²) in [6.07, 6.45) is 0.981. The highest BCUT2D eigenvalue weighted by atomic mass is 32.2. The molecule has 0 saturated carbocycles. The van der Waals surface area contributed by atoms with E-state index in [2.05, 4.69) is 10.6 Å². The predicted molar refractivity (Wildman–Crippen MR) is 105 cm³/mol. The first-order chi connectivity index (χ1) is 13.5. The lowest BCUT2D eigenvalue weighted by atomic mass is 9.96. The highest BCUT2D eigenvalue weighted by molar-refractivity contribution is 7.88. The van der Waals surface area contributed by atoms with Crippen molar-refractivity contribution in [1.82, 2.24) is 19.8 Å². The van der Waals surface area contributed by atoms with Gasteiger partial charge in [0, 0.05) is 25.7 Å². The lowest BCUT2D eigenvalue weighted by Gasteiger charge is -2.44. The van der Waals surface area contributed by atoms with Gasteiger partial charge in [-0.25, -0.2) is 8.42 Å². The Morgan fingerprint density at radius 3 is 2.52 bits per heavy atom. The molecule has 1 fully saturated rings. The molecular weight excluding hydrogens is 400 g/mol. The second kappa shape index (κ2) is 8.78. The molecule has 0 aromatic heterocycles. The number of piperazine rings is 1. The maximum absolute atomic E-state index is 12.7. The molecule has 0 aliphatic carbocycles. The fraction of sp³-hybridized carbons (Fsp3) is 0.500. The molecule has 1 heterocycles. The van der Waals surface area contributed by atoms with Crippen molar-refractivity contribution in [3.8, 4) is 5.75 Å². The number of ether oxygens (including phenoxy) is 1. The molecule has 0 radical (unpaired) electrons. The summed E-state index contributed by atoms with van der Waals surface area (Å²) in [4.78, 5) is 38.2. The van der Waals surface area contributed by atoms with Crippen molar-refractivity contribution >= 4 is 27.7 Å². The number of carbonyl (C=O) groups excluding carboxylic acids is 3. The summed E-state index contributed by atoms with van der Waals surface area (Å²) in [5.74, 6) is -0.917. The summed E-state index contributed by atoms with van der Waals surface area (Å²) >= 11 is 0. The zero-order chi connectivity index (χ0) is 21.8. The van der Waals surface area contributed by atoms with Gasteiger partial charge in [0.05, 0.1) is 26.5 Å². The summed E-state index contributed by atoms with van der Waals surface area (Å²) in [5.41, 5.74) is -0.649. The van der Waals surface area contributed by atoms with Gasteiger partial charge < -0.3 is 20.3 Å². The van der Waals surface area contributed by atoms with Crippen molar-refractivity contribution < 1.29 is 27.5 Å². The number of nitrogens with zero attached hydrogens (tertiary/aromatic N) is 2. The number of sulfonamides is 1. The number of rotatable bonds is 7. The second-order valence-electron chi connectivity index (χ2n) is 7.03. The fourth-order valence-electron chi connectivity index (χ4n) is 2.95. The van der Waals surface area contributed by atoms with Crippen molar-refractivity contribution in [3.05, 3.63) is 29.8 Å². The van der Waals surface area contributed by atoms with Crippen LogP contribution in [0.4, 0.5) is 0 Å². The minimum Gasteiger partial charge on any atom is -0.496 e. The van der Waals surface area contributed by atoms with E-state index >= 15 is 0 Å². The Bertz CT molecular complexity index is 903. The number of hydrogen-bond acceptors (Lipinski definition) is 6. The zero-order valence-electron chi connectivity index (χ0n) is 16.9. The molecule has 0 bridgehead atoms. The number of nitrogens with one attached hydrogen (secondary N) is 2. The Labute approximate surface area is 170 Å². The quantitative estimate of drug-likeness (QED) is 0.571. The largest absolute Gasteiger partial charge is 0.496 e. The molecular formula is C18H26N4O6S. The van der Waals surface area contributed by atoms with Gasteiger partial charge in [-0.05, 0) is 13.0 Å². The van der Waals surface area contributed by atoms with Crippen LogP contribution in [0.25, 0.3) is 0 Å². The van der Waals surface area contributed by atoms with Crippen LogP contribution in [0.3, 0.4) is 0 Å². The first-order valence-electron chi connectivity index (χ1n) is 8.87. The van der Waals surface area contributed by atoms with Gasteiger partial charge in [0.25, 0.3) is 0 Å². The molecule has 0 spiro atoms. The van der Waals surface area contributed by atoms with E-state index in [0.717, 1.165) is 16.1 Å². The monoisotopic (exact) mass is 426 g/mol. The van der Waals surface area contributed by atoms with Crippen LogP contribution in [0.1, 0.15) is 12.5 Å². The standard InChI is InChI=1S/C18H26N4O6S/c1-18(12-22(29(4,26)27)11-16(24)21(18)2)17(25)20-10-15(23)19-9-13-7-5-6-8-14(13)28-3/h5-8H,9-12H2,1-4H3,(H,19,23)(H,20,25)/t18-/m0/s1. The Kier molecular flexibility index (Phi) is 6.85. The minimum atomic E-state index is -3.65. The molecule has 1 aliphatic rings. The summed E-state index contributed by atoms with van der Waals surface area (Å²) in [6, 6.07) is 7.21. The number of carbonyl (C=O) groups is 3. The Hall–Kier alpha value is -2.66. The Morgan fingerprint density at radius 1 is 1.24 bits per heavy atom. The summed E-state index contributed by atoms with van der Waals surface area (Å²) in [5, 5.41) is 5.16. The van der Waals surface area contributed by atoms with E-state index in [1.54, 1.807) is 12.1 Å². The molecule has 10 nitrogen and oxygen atoms in total. The average Bonchev–Trinajstić information content (AvgIpc) is 2.67. The molecule has 160 valence electrons. The van der Waals surface area contributed by atoms with Gasteiger partial charge in [0.2, 0.25) is 27.7 Å². The van der Waals surface area contributed by atoms with E-state index in [1.165, 1.54) is 26.0 Å². The topological polar surface area (TPSA) is 125 Å². The SMILES string of the molecule is COc1ccccc1CNC(=O)CNC(=O)[C@]1(C)CN(S(C)(=O)=O)CC(=O)N1C. The van der Waals surface area contributed by atoms with Gasteiger partial charge in [-0.15, -0.1) is 0 Å². The zero-order valence-corrected chi connectivity index (χ0v) is 17.7. The predicted octanol–water partition coefficient (Wildman–Crippen LogP) is -1.08. The molecule has 1 aliphatic heterocycles. The highest BCUT2D eigenvalue weighted by Gasteiger charge is 2.47. The maximum atomic E-state index is 12.7. The molecule has 1 aromatic carbocycles. The van der Waals surface area contributed by atoms with Gasteiger partial charge in [-0.3, -0.25) is 14.4 Å². The lowest BCUT2D eigenvalue weighted by molar-refractivity contribution is -0.150. The Balaban J connectivity index is 1.97. The van der Waals surface area contributed by atoms with Crippen LogP contribution in [-0.4, -0.2) is 80.9 Å². The third kappa shape index (κ3) is 5.24. The highest BCUT2D eigenvalue weighted by Crippen LogP contribution is 2.23. The van der Waals surface area contributed by atoms with E-state index in [-0.39, 0.29) is 26.2 Å². The van der Waals surface area contributed by atoms with Crippen LogP contribution >= 0.6 is 0 Å². The van der Waals surface area contributed by atoms with E-state index in [4.69, 9.17) is 4.74 Å². The van der Waals surface area contributed by atoms with Crippen molar-refractivity contribution in [2.75, 3.05) is 40.0 Å². The van der Waals surface area contributed by atoms with E-state index in [9.17, 15) is 22.8 Å². The number of amides is 3. The Morgan fingerprint density at radius 2 is 1.90 bits per heavy atom. The molecule has 3 amide bonds. The van der Waals surface area contributed by atoms with Gasteiger partial charge in [0.1, 0.15) is 11.3 Å². The first kappa shape index (κ1) is 22.6. The number of hydrogen-bond donors (Lipinski definition) is 2. The number of benzene rings is 1.